The molecule has 1 aromatic carbocycles. The number of halogens is 2. The van der Waals surface area contributed by atoms with E-state index in [-0.39, 0.29) is 23.4 Å². The van der Waals surface area contributed by atoms with Gasteiger partial charge in [0.05, 0.1) is 4.90 Å². The summed E-state index contributed by atoms with van der Waals surface area (Å²) in [5.41, 5.74) is 0. The minimum Gasteiger partial charge on any atom is -0.207 e. The van der Waals surface area contributed by atoms with Gasteiger partial charge in [0.15, 0.2) is 0 Å². The predicted octanol–water partition coefficient (Wildman–Crippen LogP) is 2.22. The first kappa shape index (κ1) is 12.8. The van der Waals surface area contributed by atoms with Crippen molar-refractivity contribution < 1.29 is 12.8 Å². The maximum Gasteiger partial charge on any atom is 0.243 e. The van der Waals surface area contributed by atoms with Crippen LogP contribution in [-0.4, -0.2) is 31.2 Å². The number of nitrogens with zero attached hydrogens (tertiary/aromatic N) is 1. The second-order valence-corrected chi connectivity index (χ2v) is 6.26. The second kappa shape index (κ2) is 4.92. The van der Waals surface area contributed by atoms with E-state index in [1.165, 1.54) is 22.5 Å². The molecule has 0 N–H and O–H groups in total. The molecule has 17 heavy (non-hydrogen) atoms. The van der Waals surface area contributed by atoms with Crippen molar-refractivity contribution in [2.45, 2.75) is 23.8 Å². The average molecular weight is 278 g/mol. The van der Waals surface area contributed by atoms with Gasteiger partial charge in [-0.3, -0.25) is 0 Å². The van der Waals surface area contributed by atoms with E-state index in [1.807, 2.05) is 0 Å². The minimum atomic E-state index is -3.61. The van der Waals surface area contributed by atoms with Crippen LogP contribution in [0.15, 0.2) is 29.2 Å². The van der Waals surface area contributed by atoms with Gasteiger partial charge < -0.3 is 0 Å². The zero-order valence-electron chi connectivity index (χ0n) is 9.14. The molecule has 1 aliphatic rings. The highest BCUT2D eigenvalue weighted by molar-refractivity contribution is 7.89. The number of hydrogen-bond donors (Lipinski definition) is 0. The summed E-state index contributed by atoms with van der Waals surface area (Å²) in [4.78, 5) is -0.00508. The lowest BCUT2D eigenvalue weighted by Crippen LogP contribution is -2.34. The van der Waals surface area contributed by atoms with Crippen molar-refractivity contribution >= 4 is 21.6 Å². The van der Waals surface area contributed by atoms with Crippen LogP contribution in [-0.2, 0) is 10.0 Å². The highest BCUT2D eigenvalue weighted by Gasteiger charge is 2.37. The fraction of sp³-hybridized carbons (Fsp3) is 0.455. The molecule has 0 aromatic heterocycles. The molecular weight excluding hydrogens is 265 g/mol. The summed E-state index contributed by atoms with van der Waals surface area (Å²) in [5, 5.41) is 0. The topological polar surface area (TPSA) is 37.4 Å². The Labute approximate surface area is 105 Å². The van der Waals surface area contributed by atoms with Crippen molar-refractivity contribution in [1.29, 1.82) is 0 Å². The van der Waals surface area contributed by atoms with Gasteiger partial charge in [-0.1, -0.05) is 6.07 Å². The highest BCUT2D eigenvalue weighted by Crippen LogP contribution is 2.31. The van der Waals surface area contributed by atoms with Crippen LogP contribution in [0.25, 0.3) is 0 Å². The molecule has 0 bridgehead atoms. The number of benzene rings is 1. The molecule has 6 heteroatoms. The Balaban J connectivity index is 2.33. The molecule has 0 saturated heterocycles. The lowest BCUT2D eigenvalue weighted by Gasteiger charge is -2.20. The molecule has 1 fully saturated rings. The van der Waals surface area contributed by atoms with E-state index >= 15 is 0 Å². The molecular formula is C11H13ClFNO2S. The largest absolute Gasteiger partial charge is 0.243 e. The van der Waals surface area contributed by atoms with Gasteiger partial charge in [0.1, 0.15) is 5.82 Å². The van der Waals surface area contributed by atoms with Gasteiger partial charge in [0.25, 0.3) is 0 Å². The molecule has 1 aromatic rings. The summed E-state index contributed by atoms with van der Waals surface area (Å²) < 4.78 is 38.9. The van der Waals surface area contributed by atoms with E-state index in [0.29, 0.717) is 0 Å². The normalized spacial score (nSPS) is 16.4. The molecule has 0 atom stereocenters. The number of sulfonamides is 1. The smallest absolute Gasteiger partial charge is 0.207 e. The van der Waals surface area contributed by atoms with E-state index in [2.05, 4.69) is 0 Å². The predicted molar refractivity (Wildman–Crippen MR) is 64.0 cm³/mol. The summed E-state index contributed by atoms with van der Waals surface area (Å²) >= 11 is 5.61. The summed E-state index contributed by atoms with van der Waals surface area (Å²) in [5.74, 6) is -0.307. The molecule has 1 saturated carbocycles. The maximum atomic E-state index is 13.1. The highest BCUT2D eigenvalue weighted by atomic mass is 35.5. The fourth-order valence-electron chi connectivity index (χ4n) is 1.71. The maximum absolute atomic E-state index is 13.1. The van der Waals surface area contributed by atoms with Crippen molar-refractivity contribution in [1.82, 2.24) is 4.31 Å². The molecule has 0 aliphatic heterocycles. The van der Waals surface area contributed by atoms with Crippen LogP contribution in [0.1, 0.15) is 12.8 Å². The Hall–Kier alpha value is -0.650. The number of alkyl halides is 1. The molecule has 0 amide bonds. The standard InChI is InChI=1S/C11H13ClFNO2S/c12-6-7-14(10-4-5-10)17(15,16)11-3-1-2-9(13)8-11/h1-3,8,10H,4-7H2. The van der Waals surface area contributed by atoms with Gasteiger partial charge in [-0.15, -0.1) is 11.6 Å². The van der Waals surface area contributed by atoms with Gasteiger partial charge in [0, 0.05) is 18.5 Å². The summed E-state index contributed by atoms with van der Waals surface area (Å²) in [6.07, 6.45) is 1.71. The van der Waals surface area contributed by atoms with Crippen molar-refractivity contribution in [3.8, 4) is 0 Å². The number of hydrogen-bond acceptors (Lipinski definition) is 2. The van der Waals surface area contributed by atoms with Crippen molar-refractivity contribution in [3.63, 3.8) is 0 Å². The molecule has 1 aliphatic carbocycles. The lowest BCUT2D eigenvalue weighted by molar-refractivity contribution is 0.422. The Bertz CT molecular complexity index is 502. The molecule has 0 radical (unpaired) electrons. The fourth-order valence-corrected chi connectivity index (χ4v) is 3.71. The van der Waals surface area contributed by atoms with Crippen LogP contribution >= 0.6 is 11.6 Å². The monoisotopic (exact) mass is 277 g/mol. The summed E-state index contributed by atoms with van der Waals surface area (Å²) in [6, 6.07) is 5.10. The van der Waals surface area contributed by atoms with E-state index in [9.17, 15) is 12.8 Å². The molecule has 94 valence electrons. The Morgan fingerprint density at radius 1 is 1.41 bits per heavy atom. The minimum absolute atomic E-state index is 0.00508. The second-order valence-electron chi connectivity index (χ2n) is 3.99. The summed E-state index contributed by atoms with van der Waals surface area (Å²) in [6.45, 7) is 0.269. The number of rotatable bonds is 5. The molecule has 3 nitrogen and oxygen atoms in total. The SMILES string of the molecule is O=S(=O)(c1cccc(F)c1)N(CCCl)C1CC1. The summed E-state index contributed by atoms with van der Waals surface area (Å²) in [7, 11) is -3.61. The van der Waals surface area contributed by atoms with Crippen LogP contribution in [0.3, 0.4) is 0 Å². The Kier molecular flexibility index (Phi) is 3.70. The Morgan fingerprint density at radius 3 is 2.65 bits per heavy atom. The van der Waals surface area contributed by atoms with Crippen LogP contribution in [0.2, 0.25) is 0 Å². The van der Waals surface area contributed by atoms with Crippen molar-refractivity contribution in [2.24, 2.45) is 0 Å². The van der Waals surface area contributed by atoms with Gasteiger partial charge in [-0.2, -0.15) is 4.31 Å². The van der Waals surface area contributed by atoms with Crippen molar-refractivity contribution in [3.05, 3.63) is 30.1 Å². The van der Waals surface area contributed by atoms with Crippen LogP contribution in [0.5, 0.6) is 0 Å². The third-order valence-electron chi connectivity index (χ3n) is 2.66. The van der Waals surface area contributed by atoms with E-state index in [4.69, 9.17) is 11.6 Å². The van der Waals surface area contributed by atoms with Crippen LogP contribution < -0.4 is 0 Å². The van der Waals surface area contributed by atoms with Gasteiger partial charge in [-0.25, -0.2) is 12.8 Å². The molecule has 0 unspecified atom stereocenters. The van der Waals surface area contributed by atoms with Gasteiger partial charge >= 0.3 is 0 Å². The first-order chi connectivity index (χ1) is 8.05. The molecule has 0 heterocycles. The molecule has 0 spiro atoms. The third kappa shape index (κ3) is 2.78. The average Bonchev–Trinajstić information content (AvgIpc) is 3.09. The third-order valence-corrected chi connectivity index (χ3v) is 4.78. The van der Waals surface area contributed by atoms with Crippen LogP contribution in [0, 0.1) is 5.82 Å². The lowest BCUT2D eigenvalue weighted by atomic mass is 10.4. The van der Waals surface area contributed by atoms with Gasteiger partial charge in [0.2, 0.25) is 10.0 Å². The van der Waals surface area contributed by atoms with Crippen molar-refractivity contribution in [2.75, 3.05) is 12.4 Å². The van der Waals surface area contributed by atoms with E-state index < -0.39 is 15.8 Å². The molecule has 2 rings (SSSR count). The van der Waals surface area contributed by atoms with Gasteiger partial charge in [-0.05, 0) is 31.0 Å². The zero-order valence-corrected chi connectivity index (χ0v) is 10.7. The Morgan fingerprint density at radius 2 is 2.12 bits per heavy atom. The first-order valence-electron chi connectivity index (χ1n) is 5.39. The van der Waals surface area contributed by atoms with Crippen LogP contribution in [0.4, 0.5) is 4.39 Å². The van der Waals surface area contributed by atoms with E-state index in [1.54, 1.807) is 0 Å². The van der Waals surface area contributed by atoms with E-state index in [0.717, 1.165) is 18.9 Å². The first-order valence-corrected chi connectivity index (χ1v) is 7.36. The zero-order chi connectivity index (χ0) is 12.5. The quantitative estimate of drug-likeness (QED) is 0.774.